The van der Waals surface area contributed by atoms with E-state index in [1.54, 1.807) is 25.1 Å². The molecule has 1 aromatic rings. The van der Waals surface area contributed by atoms with E-state index >= 15 is 0 Å². The number of methoxy groups -OCH3 is 2. The lowest BCUT2D eigenvalue weighted by Gasteiger charge is -2.26. The highest BCUT2D eigenvalue weighted by Crippen LogP contribution is 2.26. The first-order chi connectivity index (χ1) is 11.4. The van der Waals surface area contributed by atoms with E-state index in [2.05, 4.69) is 5.32 Å². The molecule has 0 aliphatic heterocycles. The summed E-state index contributed by atoms with van der Waals surface area (Å²) in [6, 6.07) is 4.90. The fraction of sp³-hybridized carbons (Fsp3) is 0.556. The largest absolute Gasteiger partial charge is 0.493 e. The molecule has 0 aliphatic carbocycles. The van der Waals surface area contributed by atoms with Crippen LogP contribution in [0.25, 0.3) is 0 Å². The number of ether oxygens (including phenoxy) is 3. The van der Waals surface area contributed by atoms with Crippen molar-refractivity contribution >= 4 is 17.6 Å². The minimum atomic E-state index is -0.919. The molecule has 0 radical (unpaired) electrons. The van der Waals surface area contributed by atoms with Crippen LogP contribution in [-0.2, 0) is 14.3 Å². The predicted octanol–water partition coefficient (Wildman–Crippen LogP) is 3.41. The van der Waals surface area contributed by atoms with Crippen molar-refractivity contribution in [2.24, 2.45) is 0 Å². The average Bonchev–Trinajstić information content (AvgIpc) is 2.59. The van der Waals surface area contributed by atoms with Crippen LogP contribution < -0.4 is 10.1 Å². The van der Waals surface area contributed by atoms with Crippen LogP contribution in [-0.4, -0.2) is 38.3 Å². The minimum absolute atomic E-state index is 0.259. The van der Waals surface area contributed by atoms with Crippen molar-refractivity contribution in [1.82, 2.24) is 0 Å². The molecule has 1 N–H and O–H groups in total. The number of anilines is 1. The van der Waals surface area contributed by atoms with Crippen LogP contribution in [0.5, 0.6) is 5.75 Å². The van der Waals surface area contributed by atoms with E-state index in [0.29, 0.717) is 24.5 Å². The first kappa shape index (κ1) is 20.0. The Kier molecular flexibility index (Phi) is 7.71. The Morgan fingerprint density at radius 2 is 1.88 bits per heavy atom. The van der Waals surface area contributed by atoms with Gasteiger partial charge in [-0.15, -0.1) is 0 Å². The van der Waals surface area contributed by atoms with Crippen LogP contribution >= 0.6 is 0 Å². The summed E-state index contributed by atoms with van der Waals surface area (Å²) in [6.45, 7) is 6.20. The summed E-state index contributed by atoms with van der Waals surface area (Å²) < 4.78 is 15.7. The molecule has 0 unspecified atom stereocenters. The van der Waals surface area contributed by atoms with Gasteiger partial charge in [-0.1, -0.05) is 20.3 Å². The second kappa shape index (κ2) is 9.27. The standard InChI is InChI=1S/C18H27NO5/c1-6-10-18(3,23-5)17(21)19-13-8-9-15(24-11-7-2)14(12-13)16(20)22-4/h8-9,12H,6-7,10-11H2,1-5H3,(H,19,21)/t18-/m0/s1. The Morgan fingerprint density at radius 1 is 1.17 bits per heavy atom. The Morgan fingerprint density at radius 3 is 2.42 bits per heavy atom. The van der Waals surface area contributed by atoms with E-state index < -0.39 is 11.6 Å². The molecule has 1 rings (SSSR count). The van der Waals surface area contributed by atoms with Crippen molar-refractivity contribution in [3.8, 4) is 5.75 Å². The molecular weight excluding hydrogens is 310 g/mol. The highest BCUT2D eigenvalue weighted by Gasteiger charge is 2.32. The minimum Gasteiger partial charge on any atom is -0.493 e. The summed E-state index contributed by atoms with van der Waals surface area (Å²) >= 11 is 0. The van der Waals surface area contributed by atoms with Gasteiger partial charge in [-0.2, -0.15) is 0 Å². The van der Waals surface area contributed by atoms with Gasteiger partial charge in [-0.05, 0) is 38.0 Å². The molecule has 0 saturated heterocycles. The highest BCUT2D eigenvalue weighted by molar-refractivity contribution is 5.99. The van der Waals surface area contributed by atoms with Crippen molar-refractivity contribution in [3.05, 3.63) is 23.8 Å². The fourth-order valence-corrected chi connectivity index (χ4v) is 2.26. The first-order valence-electron chi connectivity index (χ1n) is 8.13. The van der Waals surface area contributed by atoms with E-state index in [0.717, 1.165) is 12.8 Å². The van der Waals surface area contributed by atoms with Gasteiger partial charge in [-0.3, -0.25) is 4.79 Å². The van der Waals surface area contributed by atoms with Crippen LogP contribution in [0.1, 0.15) is 50.4 Å². The fourth-order valence-electron chi connectivity index (χ4n) is 2.26. The molecule has 1 aromatic carbocycles. The summed E-state index contributed by atoms with van der Waals surface area (Å²) in [5.74, 6) is -0.338. The average molecular weight is 337 g/mol. The van der Waals surface area contributed by atoms with Crippen LogP contribution in [0, 0.1) is 0 Å². The van der Waals surface area contributed by atoms with Gasteiger partial charge >= 0.3 is 5.97 Å². The van der Waals surface area contributed by atoms with Gasteiger partial charge in [0.05, 0.1) is 13.7 Å². The quantitative estimate of drug-likeness (QED) is 0.699. The van der Waals surface area contributed by atoms with Gasteiger partial charge in [0, 0.05) is 12.8 Å². The normalized spacial score (nSPS) is 13.0. The van der Waals surface area contributed by atoms with Crippen molar-refractivity contribution in [2.75, 3.05) is 26.1 Å². The van der Waals surface area contributed by atoms with Gasteiger partial charge in [-0.25, -0.2) is 4.79 Å². The molecule has 1 atom stereocenters. The third kappa shape index (κ3) is 4.96. The SMILES string of the molecule is CCCOc1ccc(NC(=O)[C@](C)(CCC)OC)cc1C(=O)OC. The maximum absolute atomic E-state index is 12.5. The summed E-state index contributed by atoms with van der Waals surface area (Å²) in [7, 11) is 2.82. The molecule has 134 valence electrons. The van der Waals surface area contributed by atoms with Gasteiger partial charge in [0.2, 0.25) is 0 Å². The van der Waals surface area contributed by atoms with Gasteiger partial charge in [0.1, 0.15) is 16.9 Å². The molecule has 0 fully saturated rings. The topological polar surface area (TPSA) is 73.9 Å². The van der Waals surface area contributed by atoms with E-state index in [9.17, 15) is 9.59 Å². The third-order valence-corrected chi connectivity index (χ3v) is 3.76. The summed E-state index contributed by atoms with van der Waals surface area (Å²) in [6.07, 6.45) is 2.23. The lowest BCUT2D eigenvalue weighted by atomic mass is 9.99. The van der Waals surface area contributed by atoms with Crippen LogP contribution in [0.2, 0.25) is 0 Å². The lowest BCUT2D eigenvalue weighted by Crippen LogP contribution is -2.41. The van der Waals surface area contributed by atoms with Crippen LogP contribution in [0.4, 0.5) is 5.69 Å². The Bertz CT molecular complexity index is 573. The Labute approximate surface area is 143 Å². The summed E-state index contributed by atoms with van der Waals surface area (Å²) in [4.78, 5) is 24.4. The number of hydrogen-bond donors (Lipinski definition) is 1. The zero-order chi connectivity index (χ0) is 18.2. The number of hydrogen-bond acceptors (Lipinski definition) is 5. The van der Waals surface area contributed by atoms with Crippen molar-refractivity contribution in [3.63, 3.8) is 0 Å². The number of carbonyl (C=O) groups excluding carboxylic acids is 2. The zero-order valence-electron chi connectivity index (χ0n) is 15.1. The number of esters is 1. The van der Waals surface area contributed by atoms with E-state index in [4.69, 9.17) is 14.2 Å². The number of nitrogens with one attached hydrogen (secondary N) is 1. The number of rotatable bonds is 9. The van der Waals surface area contributed by atoms with Gasteiger partial charge < -0.3 is 19.5 Å². The molecule has 0 saturated carbocycles. The molecule has 0 aromatic heterocycles. The molecular formula is C18H27NO5. The molecule has 6 heteroatoms. The second-order valence-corrected chi connectivity index (χ2v) is 5.69. The number of benzene rings is 1. The molecule has 0 aliphatic rings. The van der Waals surface area contributed by atoms with E-state index in [1.165, 1.54) is 14.2 Å². The maximum atomic E-state index is 12.5. The second-order valence-electron chi connectivity index (χ2n) is 5.69. The predicted molar refractivity (Wildman–Crippen MR) is 92.5 cm³/mol. The smallest absolute Gasteiger partial charge is 0.341 e. The Hall–Kier alpha value is -2.08. The molecule has 0 bridgehead atoms. The molecule has 6 nitrogen and oxygen atoms in total. The summed E-state index contributed by atoms with van der Waals surface area (Å²) in [5, 5.41) is 2.79. The monoisotopic (exact) mass is 337 g/mol. The molecule has 0 heterocycles. The zero-order valence-corrected chi connectivity index (χ0v) is 15.1. The maximum Gasteiger partial charge on any atom is 0.341 e. The highest BCUT2D eigenvalue weighted by atomic mass is 16.5. The number of amides is 1. The molecule has 24 heavy (non-hydrogen) atoms. The Balaban J connectivity index is 3.04. The first-order valence-corrected chi connectivity index (χ1v) is 8.13. The van der Waals surface area contributed by atoms with E-state index in [-0.39, 0.29) is 11.5 Å². The van der Waals surface area contributed by atoms with Gasteiger partial charge in [0.25, 0.3) is 5.91 Å². The van der Waals surface area contributed by atoms with Crippen molar-refractivity contribution < 1.29 is 23.8 Å². The van der Waals surface area contributed by atoms with E-state index in [1.807, 2.05) is 13.8 Å². The molecule has 1 amide bonds. The van der Waals surface area contributed by atoms with Crippen LogP contribution in [0.15, 0.2) is 18.2 Å². The third-order valence-electron chi connectivity index (χ3n) is 3.76. The molecule has 0 spiro atoms. The van der Waals surface area contributed by atoms with Crippen molar-refractivity contribution in [1.29, 1.82) is 0 Å². The van der Waals surface area contributed by atoms with Crippen molar-refractivity contribution in [2.45, 2.75) is 45.6 Å². The number of carbonyl (C=O) groups is 2. The van der Waals surface area contributed by atoms with Crippen LogP contribution in [0.3, 0.4) is 0 Å². The lowest BCUT2D eigenvalue weighted by molar-refractivity contribution is -0.136. The summed E-state index contributed by atoms with van der Waals surface area (Å²) in [5.41, 5.74) is -0.153. The van der Waals surface area contributed by atoms with Gasteiger partial charge in [0.15, 0.2) is 0 Å².